The molecule has 1 aliphatic rings. The predicted molar refractivity (Wildman–Crippen MR) is 136 cm³/mol. The number of benzene rings is 3. The summed E-state index contributed by atoms with van der Waals surface area (Å²) < 4.78 is 18.5. The molecule has 35 heavy (non-hydrogen) atoms. The van der Waals surface area contributed by atoms with Gasteiger partial charge in [-0.25, -0.2) is 4.39 Å². The van der Waals surface area contributed by atoms with E-state index in [1.807, 2.05) is 12.1 Å². The monoisotopic (exact) mass is 475 g/mol. The minimum absolute atomic E-state index is 0.253. The first-order chi connectivity index (χ1) is 16.9. The Kier molecular flexibility index (Phi) is 7.65. The van der Waals surface area contributed by atoms with E-state index in [4.69, 9.17) is 4.74 Å². The molecular weight excluding hydrogens is 445 g/mol. The molecule has 0 unspecified atom stereocenters. The van der Waals surface area contributed by atoms with Crippen molar-refractivity contribution in [1.29, 1.82) is 0 Å². The molecule has 0 saturated carbocycles. The lowest BCUT2D eigenvalue weighted by atomic mass is 9.97. The van der Waals surface area contributed by atoms with E-state index >= 15 is 0 Å². The van der Waals surface area contributed by atoms with Crippen LogP contribution in [0.15, 0.2) is 66.7 Å². The summed E-state index contributed by atoms with van der Waals surface area (Å²) in [4.78, 5) is 28.4. The van der Waals surface area contributed by atoms with Gasteiger partial charge < -0.3 is 20.3 Å². The fourth-order valence-electron chi connectivity index (χ4n) is 4.23. The summed E-state index contributed by atoms with van der Waals surface area (Å²) in [6.07, 6.45) is 2.12. The molecule has 2 amide bonds. The molecule has 0 bridgehead atoms. The molecule has 1 saturated heterocycles. The Balaban J connectivity index is 1.58. The van der Waals surface area contributed by atoms with Gasteiger partial charge in [-0.1, -0.05) is 31.2 Å². The number of rotatable bonds is 7. The molecule has 1 heterocycles. The van der Waals surface area contributed by atoms with E-state index in [-0.39, 0.29) is 24.2 Å². The van der Waals surface area contributed by atoms with Gasteiger partial charge in [-0.2, -0.15) is 0 Å². The van der Waals surface area contributed by atoms with Crippen molar-refractivity contribution in [3.05, 3.63) is 89.2 Å². The zero-order valence-electron chi connectivity index (χ0n) is 20.0. The third-order valence-corrected chi connectivity index (χ3v) is 6.34. The Labute approximate surface area is 205 Å². The Morgan fingerprint density at radius 1 is 0.971 bits per heavy atom. The van der Waals surface area contributed by atoms with Gasteiger partial charge in [-0.15, -0.1) is 0 Å². The van der Waals surface area contributed by atoms with Crippen molar-refractivity contribution >= 4 is 23.2 Å². The van der Waals surface area contributed by atoms with Gasteiger partial charge in [0.1, 0.15) is 11.6 Å². The number of methoxy groups -OCH3 is 1. The number of carbonyl (C=O) groups is 2. The number of anilines is 2. The van der Waals surface area contributed by atoms with Crippen molar-refractivity contribution < 1.29 is 18.7 Å². The lowest BCUT2D eigenvalue weighted by molar-refractivity contribution is 0.0949. The van der Waals surface area contributed by atoms with Gasteiger partial charge >= 0.3 is 0 Å². The quantitative estimate of drug-likeness (QED) is 0.490. The minimum atomic E-state index is -0.320. The number of amides is 2. The second-order valence-corrected chi connectivity index (χ2v) is 8.87. The summed E-state index contributed by atoms with van der Waals surface area (Å²) in [6.45, 7) is 4.25. The summed E-state index contributed by atoms with van der Waals surface area (Å²) in [5.41, 5.74) is 3.05. The number of nitrogens with one attached hydrogen (secondary N) is 2. The highest BCUT2D eigenvalue weighted by atomic mass is 19.1. The van der Waals surface area contributed by atoms with Crippen LogP contribution in [0.3, 0.4) is 0 Å². The summed E-state index contributed by atoms with van der Waals surface area (Å²) in [5, 5.41) is 5.82. The van der Waals surface area contributed by atoms with Crippen molar-refractivity contribution in [3.8, 4) is 5.75 Å². The summed E-state index contributed by atoms with van der Waals surface area (Å²) in [5.74, 6) is 0.235. The first kappa shape index (κ1) is 24.3. The van der Waals surface area contributed by atoms with Crippen molar-refractivity contribution in [3.63, 3.8) is 0 Å². The number of hydrogen-bond acceptors (Lipinski definition) is 4. The minimum Gasteiger partial charge on any atom is -0.496 e. The van der Waals surface area contributed by atoms with Crippen LogP contribution >= 0.6 is 0 Å². The molecule has 4 rings (SSSR count). The van der Waals surface area contributed by atoms with Crippen LogP contribution in [0.1, 0.15) is 46.0 Å². The lowest BCUT2D eigenvalue weighted by Crippen LogP contribution is -2.35. The standard InChI is InChI=1S/C28H30FN3O3/c1-19-13-15-32(16-14-19)25-12-11-22(31-28(34)23-5-3-4-6-26(23)35-2)17-24(25)27(33)30-18-20-7-9-21(29)10-8-20/h3-12,17,19H,13-16,18H2,1-2H3,(H,30,33)(H,31,34). The normalized spacial score (nSPS) is 13.9. The summed E-state index contributed by atoms with van der Waals surface area (Å²) in [6, 6.07) is 18.4. The Morgan fingerprint density at radius 2 is 1.69 bits per heavy atom. The van der Waals surface area contributed by atoms with E-state index in [0.29, 0.717) is 28.5 Å². The zero-order chi connectivity index (χ0) is 24.8. The Morgan fingerprint density at radius 3 is 2.40 bits per heavy atom. The van der Waals surface area contributed by atoms with E-state index < -0.39 is 0 Å². The number of halogens is 1. The average molecular weight is 476 g/mol. The third kappa shape index (κ3) is 5.98. The number of carbonyl (C=O) groups excluding carboxylic acids is 2. The molecule has 1 fully saturated rings. The van der Waals surface area contributed by atoms with E-state index in [2.05, 4.69) is 22.5 Å². The van der Waals surface area contributed by atoms with Gasteiger partial charge in [0.05, 0.1) is 18.2 Å². The number of hydrogen-bond donors (Lipinski definition) is 2. The molecule has 0 spiro atoms. The van der Waals surface area contributed by atoms with E-state index in [1.165, 1.54) is 19.2 Å². The molecular formula is C28H30FN3O3. The molecule has 3 aromatic rings. The highest BCUT2D eigenvalue weighted by Crippen LogP contribution is 2.29. The molecule has 0 aromatic heterocycles. The van der Waals surface area contributed by atoms with Crippen molar-refractivity contribution in [2.75, 3.05) is 30.4 Å². The molecule has 0 aliphatic carbocycles. The van der Waals surface area contributed by atoms with Crippen LogP contribution in [0.4, 0.5) is 15.8 Å². The van der Waals surface area contributed by atoms with Crippen LogP contribution in [0, 0.1) is 11.7 Å². The van der Waals surface area contributed by atoms with Crippen LogP contribution in [0.2, 0.25) is 0 Å². The molecule has 0 atom stereocenters. The molecule has 2 N–H and O–H groups in total. The number of piperidine rings is 1. The van der Waals surface area contributed by atoms with Crippen LogP contribution in [0.5, 0.6) is 5.75 Å². The van der Waals surface area contributed by atoms with Crippen LogP contribution in [0.25, 0.3) is 0 Å². The molecule has 1 aliphatic heterocycles. The predicted octanol–water partition coefficient (Wildman–Crippen LogP) is 5.25. The fourth-order valence-corrected chi connectivity index (χ4v) is 4.23. The van der Waals surface area contributed by atoms with Gasteiger partial charge in [0.2, 0.25) is 0 Å². The van der Waals surface area contributed by atoms with E-state index in [9.17, 15) is 14.0 Å². The maximum atomic E-state index is 13.3. The molecule has 3 aromatic carbocycles. The first-order valence-electron chi connectivity index (χ1n) is 11.8. The topological polar surface area (TPSA) is 70.7 Å². The number of ether oxygens (including phenoxy) is 1. The molecule has 6 nitrogen and oxygen atoms in total. The van der Waals surface area contributed by atoms with Gasteiger partial charge in [-0.3, -0.25) is 9.59 Å². The smallest absolute Gasteiger partial charge is 0.259 e. The first-order valence-corrected chi connectivity index (χ1v) is 11.8. The van der Waals surface area contributed by atoms with Gasteiger partial charge in [0.25, 0.3) is 11.8 Å². The second kappa shape index (κ2) is 11.0. The molecule has 7 heteroatoms. The van der Waals surface area contributed by atoms with Crippen molar-refractivity contribution in [2.45, 2.75) is 26.3 Å². The summed E-state index contributed by atoms with van der Waals surface area (Å²) >= 11 is 0. The highest BCUT2D eigenvalue weighted by molar-refractivity contribution is 6.07. The van der Waals surface area contributed by atoms with E-state index in [1.54, 1.807) is 42.5 Å². The second-order valence-electron chi connectivity index (χ2n) is 8.87. The van der Waals surface area contributed by atoms with Crippen molar-refractivity contribution in [1.82, 2.24) is 5.32 Å². The lowest BCUT2D eigenvalue weighted by Gasteiger charge is -2.33. The van der Waals surface area contributed by atoms with Crippen molar-refractivity contribution in [2.24, 2.45) is 5.92 Å². The van der Waals surface area contributed by atoms with Gasteiger partial charge in [0.15, 0.2) is 0 Å². The molecule has 182 valence electrons. The Hall–Kier alpha value is -3.87. The fraction of sp³-hybridized carbons (Fsp3) is 0.286. The average Bonchev–Trinajstić information content (AvgIpc) is 2.88. The van der Waals surface area contributed by atoms with Crippen LogP contribution < -0.4 is 20.3 Å². The highest BCUT2D eigenvalue weighted by Gasteiger charge is 2.22. The SMILES string of the molecule is COc1ccccc1C(=O)Nc1ccc(N2CCC(C)CC2)c(C(=O)NCc2ccc(F)cc2)c1. The van der Waals surface area contributed by atoms with Gasteiger partial charge in [0, 0.05) is 31.0 Å². The van der Waals surface area contributed by atoms with Crippen LogP contribution in [-0.4, -0.2) is 32.0 Å². The van der Waals surface area contributed by atoms with Crippen LogP contribution in [-0.2, 0) is 6.54 Å². The number of para-hydroxylation sites is 1. The largest absolute Gasteiger partial charge is 0.496 e. The molecule has 0 radical (unpaired) electrons. The maximum Gasteiger partial charge on any atom is 0.259 e. The van der Waals surface area contributed by atoms with Gasteiger partial charge in [-0.05, 0) is 66.8 Å². The Bertz CT molecular complexity index is 1190. The zero-order valence-corrected chi connectivity index (χ0v) is 20.0. The van der Waals surface area contributed by atoms with E-state index in [0.717, 1.165) is 37.2 Å². The third-order valence-electron chi connectivity index (χ3n) is 6.34. The summed E-state index contributed by atoms with van der Waals surface area (Å²) in [7, 11) is 1.52. The number of nitrogens with zero attached hydrogens (tertiary/aromatic N) is 1. The maximum absolute atomic E-state index is 13.3.